The lowest BCUT2D eigenvalue weighted by Gasteiger charge is -2.25. The lowest BCUT2D eigenvalue weighted by molar-refractivity contribution is 0.0370. The number of fused-ring (bicyclic) bond motifs is 2. The van der Waals surface area contributed by atoms with Crippen molar-refractivity contribution in [2.45, 2.75) is 25.9 Å². The Morgan fingerprint density at radius 2 is 2.07 bits per heavy atom. The number of nitrogens with zero attached hydrogens (tertiary/aromatic N) is 3. The van der Waals surface area contributed by atoms with Crippen molar-refractivity contribution in [2.75, 3.05) is 25.9 Å². The molecule has 1 aliphatic heterocycles. The number of hydrogen-bond acceptors (Lipinski definition) is 7. The number of anilines is 1. The van der Waals surface area contributed by atoms with E-state index >= 15 is 0 Å². The number of carbonyl (C=O) groups is 1. The molecule has 0 atom stereocenters. The van der Waals surface area contributed by atoms with Gasteiger partial charge in [-0.05, 0) is 26.0 Å². The summed E-state index contributed by atoms with van der Waals surface area (Å²) in [5.41, 5.74) is 7.06. The molecule has 3 heterocycles. The van der Waals surface area contributed by atoms with Crippen LogP contribution >= 0.6 is 34.5 Å². The van der Waals surface area contributed by atoms with Crippen LogP contribution in [0, 0.1) is 0 Å². The van der Waals surface area contributed by atoms with Gasteiger partial charge in [-0.15, -0.1) is 11.3 Å². The molecule has 2 aromatic heterocycles. The van der Waals surface area contributed by atoms with Gasteiger partial charge in [0.15, 0.2) is 0 Å². The molecule has 0 aliphatic carbocycles. The highest BCUT2D eigenvalue weighted by Gasteiger charge is 2.27. The van der Waals surface area contributed by atoms with E-state index in [0.29, 0.717) is 55.2 Å². The van der Waals surface area contributed by atoms with E-state index < -0.39 is 5.60 Å². The van der Waals surface area contributed by atoms with Crippen LogP contribution in [0.1, 0.15) is 29.1 Å². The first-order valence-corrected chi connectivity index (χ1v) is 10.8. The summed E-state index contributed by atoms with van der Waals surface area (Å²) >= 11 is 14.1. The van der Waals surface area contributed by atoms with E-state index in [0.717, 1.165) is 5.56 Å². The van der Waals surface area contributed by atoms with Crippen LogP contribution in [0.25, 0.3) is 21.5 Å². The lowest BCUT2D eigenvalue weighted by atomic mass is 10.00. The molecule has 1 amide bonds. The van der Waals surface area contributed by atoms with Crippen LogP contribution in [0.2, 0.25) is 10.0 Å². The number of halogens is 2. The monoisotopic (exact) mass is 466 g/mol. The number of carbonyl (C=O) groups excluding carboxylic acids is 1. The van der Waals surface area contributed by atoms with E-state index in [1.165, 1.54) is 16.2 Å². The Morgan fingerprint density at radius 1 is 1.33 bits per heavy atom. The molecule has 7 nitrogen and oxygen atoms in total. The SMILES string of the molecule is CN(CC(C)(C)O)C(=O)c1cc2c(-c3c(Cl)cc(Cl)c4c3CCO4)nc(N)nc2s1. The van der Waals surface area contributed by atoms with Crippen LogP contribution in [-0.2, 0) is 6.42 Å². The van der Waals surface area contributed by atoms with Crippen molar-refractivity contribution in [3.8, 4) is 17.0 Å². The fourth-order valence-corrected chi connectivity index (χ4v) is 5.31. The molecule has 0 spiro atoms. The van der Waals surface area contributed by atoms with Gasteiger partial charge in [-0.3, -0.25) is 4.79 Å². The molecular formula is C20H20Cl2N4O3S. The first kappa shape index (κ1) is 21.1. The van der Waals surface area contributed by atoms with Crippen molar-refractivity contribution in [3.63, 3.8) is 0 Å². The molecule has 4 rings (SSSR count). The lowest BCUT2D eigenvalue weighted by Crippen LogP contribution is -2.39. The number of rotatable bonds is 4. The van der Waals surface area contributed by atoms with Gasteiger partial charge in [-0.1, -0.05) is 23.2 Å². The highest BCUT2D eigenvalue weighted by atomic mass is 35.5. The summed E-state index contributed by atoms with van der Waals surface area (Å²) in [5, 5.41) is 11.6. The molecule has 3 aromatic rings. The van der Waals surface area contributed by atoms with E-state index in [1.54, 1.807) is 33.0 Å². The van der Waals surface area contributed by atoms with Crippen molar-refractivity contribution in [1.82, 2.24) is 14.9 Å². The highest BCUT2D eigenvalue weighted by Crippen LogP contribution is 2.46. The van der Waals surface area contributed by atoms with Gasteiger partial charge in [0.1, 0.15) is 10.6 Å². The fraction of sp³-hybridized carbons (Fsp3) is 0.350. The average molecular weight is 467 g/mol. The summed E-state index contributed by atoms with van der Waals surface area (Å²) in [7, 11) is 1.64. The molecule has 1 aromatic carbocycles. The maximum absolute atomic E-state index is 12.9. The van der Waals surface area contributed by atoms with Crippen LogP contribution in [0.4, 0.5) is 5.95 Å². The maximum atomic E-state index is 12.9. The summed E-state index contributed by atoms with van der Waals surface area (Å²) in [4.78, 5) is 24.2. The second kappa shape index (κ2) is 7.53. The summed E-state index contributed by atoms with van der Waals surface area (Å²) < 4.78 is 5.66. The minimum absolute atomic E-state index is 0.0851. The van der Waals surface area contributed by atoms with Crippen LogP contribution in [0.5, 0.6) is 5.75 Å². The van der Waals surface area contributed by atoms with E-state index in [9.17, 15) is 9.90 Å². The Bertz CT molecular complexity index is 1170. The van der Waals surface area contributed by atoms with Crippen molar-refractivity contribution in [3.05, 3.63) is 32.6 Å². The predicted molar refractivity (Wildman–Crippen MR) is 120 cm³/mol. The number of hydrogen-bond donors (Lipinski definition) is 2. The Labute approximate surface area is 187 Å². The number of thiophene rings is 1. The molecule has 10 heteroatoms. The normalized spacial score (nSPS) is 13.4. The van der Waals surface area contributed by atoms with Crippen LogP contribution < -0.4 is 10.5 Å². The molecule has 0 unspecified atom stereocenters. The van der Waals surface area contributed by atoms with Crippen molar-refractivity contribution in [1.29, 1.82) is 0 Å². The second-order valence-electron chi connectivity index (χ2n) is 7.85. The van der Waals surface area contributed by atoms with Gasteiger partial charge in [-0.25, -0.2) is 9.97 Å². The van der Waals surface area contributed by atoms with E-state index in [2.05, 4.69) is 9.97 Å². The predicted octanol–water partition coefficient (Wildman–Crippen LogP) is 4.03. The quantitative estimate of drug-likeness (QED) is 0.601. The third-order valence-electron chi connectivity index (χ3n) is 4.71. The first-order chi connectivity index (χ1) is 14.0. The van der Waals surface area contributed by atoms with Gasteiger partial charge in [0, 0.05) is 36.5 Å². The molecule has 0 bridgehead atoms. The third kappa shape index (κ3) is 3.80. The van der Waals surface area contributed by atoms with E-state index in [4.69, 9.17) is 33.7 Å². The van der Waals surface area contributed by atoms with Crippen LogP contribution in [0.3, 0.4) is 0 Å². The average Bonchev–Trinajstić information content (AvgIpc) is 3.26. The van der Waals surface area contributed by atoms with Gasteiger partial charge in [0.25, 0.3) is 5.91 Å². The number of benzene rings is 1. The Hall–Kier alpha value is -2.13. The summed E-state index contributed by atoms with van der Waals surface area (Å²) in [6.45, 7) is 3.99. The number of ether oxygens (including phenoxy) is 1. The molecule has 0 saturated carbocycles. The van der Waals surface area contributed by atoms with E-state index in [-0.39, 0.29) is 18.4 Å². The minimum Gasteiger partial charge on any atom is -0.491 e. The third-order valence-corrected chi connectivity index (χ3v) is 6.31. The largest absolute Gasteiger partial charge is 0.491 e. The van der Waals surface area contributed by atoms with Crippen LogP contribution in [0.15, 0.2) is 12.1 Å². The Balaban J connectivity index is 1.86. The van der Waals surface area contributed by atoms with Crippen LogP contribution in [-0.4, -0.2) is 51.7 Å². The molecular weight excluding hydrogens is 447 g/mol. The van der Waals surface area contributed by atoms with E-state index in [1.807, 2.05) is 0 Å². The molecule has 0 saturated heterocycles. The van der Waals surface area contributed by atoms with Crippen molar-refractivity contribution >= 4 is 56.6 Å². The Morgan fingerprint density at radius 3 is 2.77 bits per heavy atom. The summed E-state index contributed by atoms with van der Waals surface area (Å²) in [6, 6.07) is 3.37. The topological polar surface area (TPSA) is 102 Å². The number of aliphatic hydroxyl groups is 1. The maximum Gasteiger partial charge on any atom is 0.263 e. The number of nitrogen functional groups attached to an aromatic ring is 1. The number of aromatic nitrogens is 2. The van der Waals surface area contributed by atoms with Crippen molar-refractivity contribution in [2.24, 2.45) is 0 Å². The van der Waals surface area contributed by atoms with Gasteiger partial charge < -0.3 is 20.5 Å². The highest BCUT2D eigenvalue weighted by molar-refractivity contribution is 7.20. The zero-order chi connectivity index (χ0) is 21.8. The number of likely N-dealkylation sites (N-methyl/N-ethyl adjacent to an activating group) is 1. The van der Waals surface area contributed by atoms with Gasteiger partial charge in [0.05, 0.1) is 32.8 Å². The Kier molecular flexibility index (Phi) is 5.30. The summed E-state index contributed by atoms with van der Waals surface area (Å²) in [6.07, 6.45) is 0.639. The molecule has 1 aliphatic rings. The molecule has 30 heavy (non-hydrogen) atoms. The first-order valence-electron chi connectivity index (χ1n) is 9.24. The number of nitrogens with two attached hydrogens (primary N) is 1. The van der Waals surface area contributed by atoms with Gasteiger partial charge in [-0.2, -0.15) is 0 Å². The second-order valence-corrected chi connectivity index (χ2v) is 9.70. The van der Waals surface area contributed by atoms with Gasteiger partial charge >= 0.3 is 0 Å². The zero-order valence-electron chi connectivity index (χ0n) is 16.6. The molecule has 0 fully saturated rings. The fourth-order valence-electron chi connectivity index (χ4n) is 3.63. The minimum atomic E-state index is -1.01. The zero-order valence-corrected chi connectivity index (χ0v) is 19.0. The standard InChI is InChI=1S/C20H20Cl2N4O3S/c1-20(2,28)8-26(3)18(27)13-6-10-15(24-19(23)25-17(10)30-13)14-9-4-5-29-16(9)12(22)7-11(14)21/h6-7,28H,4-5,8H2,1-3H3,(H2,23,24,25). The smallest absolute Gasteiger partial charge is 0.263 e. The molecule has 158 valence electrons. The number of amides is 1. The molecule has 3 N–H and O–H groups in total. The summed E-state index contributed by atoms with van der Waals surface area (Å²) in [5.74, 6) is 0.458. The van der Waals surface area contributed by atoms with Crippen molar-refractivity contribution < 1.29 is 14.6 Å². The molecule has 0 radical (unpaired) electrons. The van der Waals surface area contributed by atoms with Gasteiger partial charge in [0.2, 0.25) is 5.95 Å².